The van der Waals surface area contributed by atoms with Crippen LogP contribution in [0.15, 0.2) is 11.6 Å². The van der Waals surface area contributed by atoms with Gasteiger partial charge in [-0.05, 0) is 25.3 Å². The van der Waals surface area contributed by atoms with Gasteiger partial charge in [0.25, 0.3) is 0 Å². The molecule has 0 spiro atoms. The van der Waals surface area contributed by atoms with Gasteiger partial charge in [0.05, 0.1) is 6.54 Å². The van der Waals surface area contributed by atoms with Crippen LogP contribution in [0.2, 0.25) is 0 Å². The second-order valence-electron chi connectivity index (χ2n) is 4.56. The Morgan fingerprint density at radius 2 is 2.44 bits per heavy atom. The lowest BCUT2D eigenvalue weighted by atomic mass is 9.93. The van der Waals surface area contributed by atoms with E-state index < -0.39 is 0 Å². The van der Waals surface area contributed by atoms with Crippen molar-refractivity contribution >= 4 is 23.7 Å². The monoisotopic (exact) mass is 259 g/mol. The van der Waals surface area contributed by atoms with Crippen LogP contribution < -0.4 is 5.32 Å². The Morgan fingerprint density at radius 1 is 1.50 bits per heavy atom. The minimum absolute atomic E-state index is 0. The van der Waals surface area contributed by atoms with E-state index in [-0.39, 0.29) is 12.4 Å². The number of hydrogen-bond acceptors (Lipinski definition) is 4. The van der Waals surface area contributed by atoms with E-state index in [1.54, 1.807) is 11.3 Å². The number of nitrogens with zero attached hydrogens (tertiary/aromatic N) is 2. The zero-order valence-corrected chi connectivity index (χ0v) is 10.9. The Labute approximate surface area is 107 Å². The van der Waals surface area contributed by atoms with Gasteiger partial charge in [-0.3, -0.25) is 4.90 Å². The molecule has 2 atom stereocenters. The Bertz CT molecular complexity index is 317. The predicted molar refractivity (Wildman–Crippen MR) is 69.2 cm³/mol. The van der Waals surface area contributed by atoms with Gasteiger partial charge < -0.3 is 5.32 Å². The highest BCUT2D eigenvalue weighted by molar-refractivity contribution is 7.09. The lowest BCUT2D eigenvalue weighted by molar-refractivity contribution is 0.156. The van der Waals surface area contributed by atoms with Gasteiger partial charge in [-0.2, -0.15) is 0 Å². The Hall–Kier alpha value is -0.160. The molecule has 2 aliphatic rings. The van der Waals surface area contributed by atoms with Crippen molar-refractivity contribution in [2.24, 2.45) is 5.92 Å². The number of thiazole rings is 1. The van der Waals surface area contributed by atoms with Crippen LogP contribution in [0.5, 0.6) is 0 Å². The molecule has 3 heterocycles. The van der Waals surface area contributed by atoms with E-state index >= 15 is 0 Å². The summed E-state index contributed by atoms with van der Waals surface area (Å²) in [5.74, 6) is 0.888. The fourth-order valence-electron chi connectivity index (χ4n) is 2.79. The maximum absolute atomic E-state index is 4.36. The second kappa shape index (κ2) is 5.45. The van der Waals surface area contributed by atoms with Gasteiger partial charge in [-0.1, -0.05) is 0 Å². The van der Waals surface area contributed by atoms with Gasteiger partial charge in [-0.25, -0.2) is 4.98 Å². The van der Waals surface area contributed by atoms with E-state index in [0.29, 0.717) is 0 Å². The number of aromatic nitrogens is 1. The van der Waals surface area contributed by atoms with Crippen molar-refractivity contribution < 1.29 is 0 Å². The van der Waals surface area contributed by atoms with E-state index in [1.165, 1.54) is 37.5 Å². The molecule has 1 aromatic heterocycles. The molecular weight excluding hydrogens is 242 g/mol. The van der Waals surface area contributed by atoms with Crippen molar-refractivity contribution in [3.63, 3.8) is 0 Å². The molecule has 0 radical (unpaired) electrons. The molecular formula is C11H18ClN3S. The smallest absolute Gasteiger partial charge is 0.107 e. The summed E-state index contributed by atoms with van der Waals surface area (Å²) < 4.78 is 0. The third-order valence-electron chi connectivity index (χ3n) is 3.58. The van der Waals surface area contributed by atoms with Gasteiger partial charge >= 0.3 is 0 Å². The summed E-state index contributed by atoms with van der Waals surface area (Å²) in [5, 5.41) is 6.93. The zero-order chi connectivity index (χ0) is 10.1. The van der Waals surface area contributed by atoms with Crippen LogP contribution in [0.25, 0.3) is 0 Å². The number of fused-ring (bicyclic) bond motifs is 1. The average Bonchev–Trinajstić information content (AvgIpc) is 2.87. The molecule has 3 nitrogen and oxygen atoms in total. The molecule has 2 unspecified atom stereocenters. The fourth-order valence-corrected chi connectivity index (χ4v) is 3.45. The van der Waals surface area contributed by atoms with Crippen molar-refractivity contribution in [3.8, 4) is 0 Å². The third kappa shape index (κ3) is 2.56. The van der Waals surface area contributed by atoms with Crippen LogP contribution in [-0.4, -0.2) is 35.6 Å². The zero-order valence-electron chi connectivity index (χ0n) is 9.26. The number of likely N-dealkylation sites (tertiary alicyclic amines) is 1. The Morgan fingerprint density at radius 3 is 3.25 bits per heavy atom. The number of nitrogens with one attached hydrogen (secondary N) is 1. The normalized spacial score (nSPS) is 29.8. The summed E-state index contributed by atoms with van der Waals surface area (Å²) in [5.41, 5.74) is 0. The summed E-state index contributed by atoms with van der Waals surface area (Å²) in [6, 6.07) is 0.803. The van der Waals surface area contributed by atoms with Crippen LogP contribution >= 0.6 is 23.7 Å². The highest BCUT2D eigenvalue weighted by atomic mass is 35.5. The van der Waals surface area contributed by atoms with Crippen LogP contribution in [0, 0.1) is 5.92 Å². The van der Waals surface area contributed by atoms with Crippen LogP contribution in [0.4, 0.5) is 0 Å². The van der Waals surface area contributed by atoms with Crippen LogP contribution in [0.1, 0.15) is 17.8 Å². The van der Waals surface area contributed by atoms with E-state index in [0.717, 1.165) is 18.5 Å². The molecule has 0 aromatic carbocycles. The van der Waals surface area contributed by atoms with Gasteiger partial charge in [0.15, 0.2) is 0 Å². The van der Waals surface area contributed by atoms with Crippen molar-refractivity contribution in [2.75, 3.05) is 19.6 Å². The average molecular weight is 260 g/mol. The van der Waals surface area contributed by atoms with E-state index in [4.69, 9.17) is 0 Å². The predicted octanol–water partition coefficient (Wildman–Crippen LogP) is 1.75. The largest absolute Gasteiger partial charge is 0.314 e. The standard InChI is InChI=1S/C11H17N3S.ClH/c1-3-12-10-2-5-14(7-9(1)10)8-11-13-4-6-15-11;/h4,6,9-10,12H,1-3,5,7-8H2;1H. The summed E-state index contributed by atoms with van der Waals surface area (Å²) in [7, 11) is 0. The van der Waals surface area contributed by atoms with Crippen molar-refractivity contribution in [1.29, 1.82) is 0 Å². The highest BCUT2D eigenvalue weighted by Gasteiger charge is 2.32. The number of rotatable bonds is 2. The maximum atomic E-state index is 4.36. The van der Waals surface area contributed by atoms with Crippen LogP contribution in [-0.2, 0) is 6.54 Å². The van der Waals surface area contributed by atoms with Gasteiger partial charge in [0.2, 0.25) is 0 Å². The SMILES string of the molecule is Cl.c1csc(CN2CCC3NCCC3C2)n1. The summed E-state index contributed by atoms with van der Waals surface area (Å²) in [6.07, 6.45) is 4.58. The number of halogens is 1. The molecule has 5 heteroatoms. The Kier molecular flexibility index (Phi) is 4.19. The molecule has 0 saturated carbocycles. The minimum atomic E-state index is 0. The molecule has 90 valence electrons. The first-order chi connectivity index (χ1) is 7.42. The lowest BCUT2D eigenvalue weighted by Gasteiger charge is -2.34. The molecule has 1 aromatic rings. The van der Waals surface area contributed by atoms with Crippen molar-refractivity contribution in [2.45, 2.75) is 25.4 Å². The molecule has 0 amide bonds. The first kappa shape index (κ1) is 12.3. The molecule has 0 bridgehead atoms. The number of hydrogen-bond donors (Lipinski definition) is 1. The van der Waals surface area contributed by atoms with Crippen LogP contribution in [0.3, 0.4) is 0 Å². The van der Waals surface area contributed by atoms with Gasteiger partial charge in [0.1, 0.15) is 5.01 Å². The topological polar surface area (TPSA) is 28.2 Å². The summed E-state index contributed by atoms with van der Waals surface area (Å²) >= 11 is 1.77. The molecule has 16 heavy (non-hydrogen) atoms. The summed E-state index contributed by atoms with van der Waals surface area (Å²) in [4.78, 5) is 6.92. The van der Waals surface area contributed by atoms with E-state index in [9.17, 15) is 0 Å². The second-order valence-corrected chi connectivity index (χ2v) is 5.54. The molecule has 2 fully saturated rings. The third-order valence-corrected chi connectivity index (χ3v) is 4.35. The maximum Gasteiger partial charge on any atom is 0.107 e. The first-order valence-corrected chi connectivity index (χ1v) is 6.64. The van der Waals surface area contributed by atoms with Gasteiger partial charge in [-0.15, -0.1) is 23.7 Å². The quantitative estimate of drug-likeness (QED) is 0.877. The van der Waals surface area contributed by atoms with E-state index in [2.05, 4.69) is 20.6 Å². The minimum Gasteiger partial charge on any atom is -0.314 e. The number of piperidine rings is 1. The lowest BCUT2D eigenvalue weighted by Crippen LogP contribution is -2.43. The van der Waals surface area contributed by atoms with E-state index in [1.807, 2.05) is 6.20 Å². The first-order valence-electron chi connectivity index (χ1n) is 5.76. The summed E-state index contributed by atoms with van der Waals surface area (Å²) in [6.45, 7) is 4.77. The van der Waals surface area contributed by atoms with Crippen molar-refractivity contribution in [3.05, 3.63) is 16.6 Å². The molecule has 3 rings (SSSR count). The molecule has 2 saturated heterocycles. The highest BCUT2D eigenvalue weighted by Crippen LogP contribution is 2.25. The Balaban J connectivity index is 0.000000963. The fraction of sp³-hybridized carbons (Fsp3) is 0.727. The molecule has 1 N–H and O–H groups in total. The molecule has 0 aliphatic carbocycles. The van der Waals surface area contributed by atoms with Crippen molar-refractivity contribution in [1.82, 2.24) is 15.2 Å². The molecule has 2 aliphatic heterocycles. The van der Waals surface area contributed by atoms with Gasteiger partial charge in [0, 0.05) is 30.7 Å².